The smallest absolute Gasteiger partial charge is 0.0440 e. The first-order chi connectivity index (χ1) is 20.3. The van der Waals surface area contributed by atoms with Gasteiger partial charge in [0.2, 0.25) is 0 Å². The second kappa shape index (κ2) is 8.76. The third-order valence-corrected chi connectivity index (χ3v) is 9.83. The third-order valence-electron chi connectivity index (χ3n) is 8.62. The van der Waals surface area contributed by atoms with Gasteiger partial charge in [0.15, 0.2) is 0 Å². The zero-order valence-electron chi connectivity index (χ0n) is 22.3. The molecule has 0 atom stereocenters. The van der Waals surface area contributed by atoms with Crippen molar-refractivity contribution in [3.05, 3.63) is 146 Å². The monoisotopic (exact) mass is 536 g/mol. The van der Waals surface area contributed by atoms with Crippen LogP contribution in [0.5, 0.6) is 0 Å². The molecule has 0 N–H and O–H groups in total. The molecule has 0 radical (unpaired) electrons. The number of benzene rings is 8. The van der Waals surface area contributed by atoms with E-state index >= 15 is 0 Å². The molecule has 0 saturated carbocycles. The minimum atomic E-state index is 1.24. The van der Waals surface area contributed by atoms with Crippen molar-refractivity contribution in [3.63, 3.8) is 0 Å². The van der Waals surface area contributed by atoms with Gasteiger partial charge in [-0.1, -0.05) is 121 Å². The third kappa shape index (κ3) is 3.40. The molecule has 8 aromatic carbocycles. The first kappa shape index (κ1) is 22.8. The van der Waals surface area contributed by atoms with Crippen molar-refractivity contribution in [2.45, 2.75) is 0 Å². The Morgan fingerprint density at radius 2 is 0.902 bits per heavy atom. The summed E-state index contributed by atoms with van der Waals surface area (Å²) in [7, 11) is 0. The summed E-state index contributed by atoms with van der Waals surface area (Å²) in [6.07, 6.45) is 0. The lowest BCUT2D eigenvalue weighted by molar-refractivity contribution is 1.64. The quantitative estimate of drug-likeness (QED) is 0.193. The van der Waals surface area contributed by atoms with Gasteiger partial charge in [-0.3, -0.25) is 0 Å². The molecule has 0 saturated heterocycles. The lowest BCUT2D eigenvalue weighted by atomic mass is 9.91. The van der Waals surface area contributed by atoms with Gasteiger partial charge in [0.05, 0.1) is 0 Å². The van der Waals surface area contributed by atoms with Gasteiger partial charge in [-0.25, -0.2) is 0 Å². The molecule has 0 nitrogen and oxygen atoms in total. The molecule has 190 valence electrons. The maximum Gasteiger partial charge on any atom is 0.0440 e. The van der Waals surface area contributed by atoms with Crippen molar-refractivity contribution in [3.8, 4) is 22.3 Å². The Labute approximate surface area is 241 Å². The average Bonchev–Trinajstić information content (AvgIpc) is 3.44. The van der Waals surface area contributed by atoms with E-state index in [1.165, 1.54) is 85.5 Å². The van der Waals surface area contributed by atoms with E-state index < -0.39 is 0 Å². The predicted octanol–water partition coefficient (Wildman–Crippen LogP) is 12.0. The summed E-state index contributed by atoms with van der Waals surface area (Å²) in [5.74, 6) is 0. The standard InChI is InChI=1S/C40H24S/c1-2-13-29-28(10-1)24-36(40-39(29)35-18-7-8-19-38(35)41-40)27-12-9-11-25(22-27)26-20-21-34-32-16-4-3-14-30(32)31-15-5-6-17-33(31)37(34)23-26/h1-24H. The van der Waals surface area contributed by atoms with Gasteiger partial charge in [-0.2, -0.15) is 0 Å². The van der Waals surface area contributed by atoms with Gasteiger partial charge in [0.1, 0.15) is 0 Å². The van der Waals surface area contributed by atoms with E-state index in [0.717, 1.165) is 0 Å². The van der Waals surface area contributed by atoms with Gasteiger partial charge in [-0.15, -0.1) is 11.3 Å². The normalized spacial score (nSPS) is 11.9. The van der Waals surface area contributed by atoms with Crippen molar-refractivity contribution in [1.29, 1.82) is 0 Å². The highest BCUT2D eigenvalue weighted by Crippen LogP contribution is 2.45. The molecule has 1 heterocycles. The van der Waals surface area contributed by atoms with Gasteiger partial charge >= 0.3 is 0 Å². The van der Waals surface area contributed by atoms with E-state index in [-0.39, 0.29) is 0 Å². The lowest BCUT2D eigenvalue weighted by Gasteiger charge is -2.13. The molecule has 9 aromatic rings. The van der Waals surface area contributed by atoms with E-state index in [1.807, 2.05) is 11.3 Å². The molecule has 0 bridgehead atoms. The van der Waals surface area contributed by atoms with Crippen molar-refractivity contribution in [2.24, 2.45) is 0 Å². The highest BCUT2D eigenvalue weighted by molar-refractivity contribution is 7.26. The van der Waals surface area contributed by atoms with Crippen LogP contribution < -0.4 is 0 Å². The maximum absolute atomic E-state index is 2.39. The molecule has 0 unspecified atom stereocenters. The Morgan fingerprint density at radius 3 is 1.66 bits per heavy atom. The zero-order valence-corrected chi connectivity index (χ0v) is 23.1. The van der Waals surface area contributed by atoms with Crippen LogP contribution in [0.2, 0.25) is 0 Å². The Kier molecular flexibility index (Phi) is 4.87. The van der Waals surface area contributed by atoms with Gasteiger partial charge < -0.3 is 0 Å². The van der Waals surface area contributed by atoms with E-state index in [1.54, 1.807) is 0 Å². The van der Waals surface area contributed by atoms with Gasteiger partial charge in [0.25, 0.3) is 0 Å². The molecule has 41 heavy (non-hydrogen) atoms. The fourth-order valence-electron chi connectivity index (χ4n) is 6.74. The Morgan fingerprint density at radius 1 is 0.341 bits per heavy atom. The van der Waals surface area contributed by atoms with Gasteiger partial charge in [0, 0.05) is 25.7 Å². The molecule has 1 heteroatoms. The number of hydrogen-bond donors (Lipinski definition) is 0. The molecule has 0 aliphatic heterocycles. The molecule has 0 amide bonds. The summed E-state index contributed by atoms with van der Waals surface area (Å²) in [6.45, 7) is 0. The van der Waals surface area contributed by atoms with Crippen LogP contribution in [0.15, 0.2) is 146 Å². The van der Waals surface area contributed by atoms with Crippen LogP contribution in [0.3, 0.4) is 0 Å². The predicted molar refractivity (Wildman–Crippen MR) is 180 cm³/mol. The second-order valence-electron chi connectivity index (χ2n) is 10.9. The van der Waals surface area contributed by atoms with Crippen LogP contribution in [0, 0.1) is 0 Å². The van der Waals surface area contributed by atoms with Crippen molar-refractivity contribution in [1.82, 2.24) is 0 Å². The van der Waals surface area contributed by atoms with Crippen LogP contribution in [-0.4, -0.2) is 0 Å². The topological polar surface area (TPSA) is 0 Å². The van der Waals surface area contributed by atoms with Crippen LogP contribution in [-0.2, 0) is 0 Å². The van der Waals surface area contributed by atoms with Crippen molar-refractivity contribution in [2.75, 3.05) is 0 Å². The summed E-state index contributed by atoms with van der Waals surface area (Å²) < 4.78 is 2.70. The molecular weight excluding hydrogens is 513 g/mol. The van der Waals surface area contributed by atoms with E-state index in [0.29, 0.717) is 0 Å². The van der Waals surface area contributed by atoms with Crippen LogP contribution >= 0.6 is 11.3 Å². The number of hydrogen-bond acceptors (Lipinski definition) is 1. The van der Waals surface area contributed by atoms with Crippen LogP contribution in [0.1, 0.15) is 0 Å². The molecule has 0 fully saturated rings. The highest BCUT2D eigenvalue weighted by atomic mass is 32.1. The Bertz CT molecular complexity index is 2440. The minimum Gasteiger partial charge on any atom is -0.135 e. The highest BCUT2D eigenvalue weighted by Gasteiger charge is 2.15. The fraction of sp³-hybridized carbons (Fsp3) is 0. The largest absolute Gasteiger partial charge is 0.135 e. The summed E-state index contributed by atoms with van der Waals surface area (Å²) >= 11 is 1.90. The summed E-state index contributed by atoms with van der Waals surface area (Å²) in [6, 6.07) is 53.7. The Balaban J connectivity index is 1.29. The number of rotatable bonds is 2. The first-order valence-corrected chi connectivity index (χ1v) is 14.9. The maximum atomic E-state index is 2.39. The number of thiophene rings is 1. The van der Waals surface area contributed by atoms with Crippen molar-refractivity contribution >= 4 is 74.6 Å². The van der Waals surface area contributed by atoms with Gasteiger partial charge in [-0.05, 0) is 84.0 Å². The van der Waals surface area contributed by atoms with Crippen LogP contribution in [0.25, 0.3) is 85.5 Å². The zero-order chi connectivity index (χ0) is 26.9. The van der Waals surface area contributed by atoms with Crippen LogP contribution in [0.4, 0.5) is 0 Å². The van der Waals surface area contributed by atoms with E-state index in [4.69, 9.17) is 0 Å². The Hall–Kier alpha value is -4.98. The molecule has 0 aliphatic rings. The number of fused-ring (bicyclic) bond motifs is 11. The summed E-state index contributed by atoms with van der Waals surface area (Å²) in [4.78, 5) is 0. The lowest BCUT2D eigenvalue weighted by Crippen LogP contribution is -1.86. The molecule has 0 spiro atoms. The first-order valence-electron chi connectivity index (χ1n) is 14.1. The SMILES string of the molecule is c1cc(-c2ccc3c4ccccc4c4ccccc4c3c2)cc(-c2cc3ccccc3c3c2sc2ccccc23)c1. The van der Waals surface area contributed by atoms with Crippen molar-refractivity contribution < 1.29 is 0 Å². The fourth-order valence-corrected chi connectivity index (χ4v) is 8.00. The summed E-state index contributed by atoms with van der Waals surface area (Å²) in [5.41, 5.74) is 5.05. The average molecular weight is 537 g/mol. The summed E-state index contributed by atoms with van der Waals surface area (Å²) in [5, 5.41) is 13.2. The molecule has 0 aliphatic carbocycles. The van der Waals surface area contributed by atoms with E-state index in [2.05, 4.69) is 146 Å². The minimum absolute atomic E-state index is 1.24. The molecule has 1 aromatic heterocycles. The molecular formula is C40H24S. The van der Waals surface area contributed by atoms with E-state index in [9.17, 15) is 0 Å². The molecule has 9 rings (SSSR count). The second-order valence-corrected chi connectivity index (χ2v) is 11.9.